The lowest BCUT2D eigenvalue weighted by molar-refractivity contribution is 0.0178. The van der Waals surface area contributed by atoms with Gasteiger partial charge in [0, 0.05) is 6.42 Å². The molecule has 0 radical (unpaired) electrons. The van der Waals surface area contributed by atoms with Crippen LogP contribution in [0.25, 0.3) is 0 Å². The van der Waals surface area contributed by atoms with Crippen LogP contribution in [0, 0.1) is 41.4 Å². The van der Waals surface area contributed by atoms with E-state index >= 15 is 0 Å². The van der Waals surface area contributed by atoms with Gasteiger partial charge in [-0.3, -0.25) is 0 Å². The second kappa shape index (κ2) is 11.6. The van der Waals surface area contributed by atoms with Crippen molar-refractivity contribution in [1.82, 2.24) is 0 Å². The lowest BCUT2D eigenvalue weighted by Crippen LogP contribution is -2.37. The summed E-state index contributed by atoms with van der Waals surface area (Å²) < 4.78 is 59.2. The van der Waals surface area contributed by atoms with Gasteiger partial charge >= 0.3 is 5.25 Å². The van der Waals surface area contributed by atoms with Gasteiger partial charge in [-0.1, -0.05) is 69.3 Å². The van der Waals surface area contributed by atoms with E-state index in [2.05, 4.69) is 106 Å². The molecule has 0 aliphatic heterocycles. The number of hydrogen-bond donors (Lipinski definition) is 0. The van der Waals surface area contributed by atoms with Crippen LogP contribution in [0.15, 0.2) is 99.6 Å². The molecule has 7 atom stereocenters. The van der Waals surface area contributed by atoms with Crippen molar-refractivity contribution in [3.8, 4) is 0 Å². The van der Waals surface area contributed by atoms with Crippen LogP contribution in [-0.4, -0.2) is 18.2 Å². The maximum atomic E-state index is 13.5. The Morgan fingerprint density at radius 2 is 1.23 bits per heavy atom. The normalized spacial score (nSPS) is 29.4. The molecule has 230 valence electrons. The van der Waals surface area contributed by atoms with Gasteiger partial charge in [0.1, 0.15) is 0 Å². The zero-order valence-corrected chi connectivity index (χ0v) is 26.8. The first-order chi connectivity index (χ1) is 20.3. The van der Waals surface area contributed by atoms with E-state index in [0.29, 0.717) is 30.1 Å². The first-order valence-corrected chi connectivity index (χ1v) is 18.2. The minimum atomic E-state index is -5.52. The van der Waals surface area contributed by atoms with Gasteiger partial charge < -0.3 is 4.55 Å². The monoisotopic (exact) mass is 624 g/mol. The minimum Gasteiger partial charge on any atom is -0.743 e. The Kier molecular flexibility index (Phi) is 8.31. The summed E-state index contributed by atoms with van der Waals surface area (Å²) in [6.07, 6.45) is 4.72. The molecule has 43 heavy (non-hydrogen) atoms. The van der Waals surface area contributed by atoms with Crippen molar-refractivity contribution in [2.24, 2.45) is 41.4 Å². The number of hydrogen-bond acceptors (Lipinski definition) is 3. The topological polar surface area (TPSA) is 57.2 Å². The fourth-order valence-corrected chi connectivity index (χ4v) is 11.5. The Morgan fingerprint density at radius 1 is 0.721 bits per heavy atom. The van der Waals surface area contributed by atoms with Crippen molar-refractivity contribution in [3.05, 3.63) is 90.5 Å². The summed E-state index contributed by atoms with van der Waals surface area (Å²) in [5, 5.41) is -4.09. The number of fused-ring (bicyclic) bond motifs is 9. The van der Waals surface area contributed by atoms with Crippen molar-refractivity contribution in [2.75, 3.05) is 0 Å². The van der Waals surface area contributed by atoms with Crippen LogP contribution in [0.4, 0.5) is 8.78 Å². The van der Waals surface area contributed by atoms with Gasteiger partial charge in [-0.25, -0.2) is 8.42 Å². The molecule has 4 bridgehead atoms. The summed E-state index contributed by atoms with van der Waals surface area (Å²) in [7, 11) is -5.57. The molecule has 0 heterocycles. The molecule has 7 unspecified atom stereocenters. The molecule has 4 aliphatic carbocycles. The largest absolute Gasteiger partial charge is 0.743 e. The molecule has 0 spiro atoms. The molecule has 0 N–H and O–H groups in total. The third-order valence-electron chi connectivity index (χ3n) is 10.7. The van der Waals surface area contributed by atoms with Crippen molar-refractivity contribution in [1.29, 1.82) is 0 Å². The van der Waals surface area contributed by atoms with E-state index in [1.54, 1.807) is 0 Å². The van der Waals surface area contributed by atoms with Crippen LogP contribution in [0.3, 0.4) is 0 Å². The molecule has 4 saturated carbocycles. The summed E-state index contributed by atoms with van der Waals surface area (Å²) in [6.45, 7) is 6.78. The van der Waals surface area contributed by atoms with E-state index in [4.69, 9.17) is 0 Å². The average molecular weight is 625 g/mol. The zero-order valence-electron chi connectivity index (χ0n) is 25.2. The van der Waals surface area contributed by atoms with Gasteiger partial charge in [0.2, 0.25) is 0 Å². The number of benzene rings is 3. The molecule has 0 aromatic heterocycles. The first kappa shape index (κ1) is 30.8. The minimum absolute atomic E-state index is 0.0497. The van der Waals surface area contributed by atoms with Gasteiger partial charge in [-0.2, -0.15) is 8.78 Å². The van der Waals surface area contributed by atoms with Crippen molar-refractivity contribution in [2.45, 2.75) is 84.7 Å². The van der Waals surface area contributed by atoms with Crippen molar-refractivity contribution < 1.29 is 21.8 Å². The quantitative estimate of drug-likeness (QED) is 0.156. The summed E-state index contributed by atoms with van der Waals surface area (Å²) in [4.78, 5) is 4.10. The average Bonchev–Trinajstić information content (AvgIpc) is 3.75. The van der Waals surface area contributed by atoms with Crippen LogP contribution in [0.5, 0.6) is 0 Å². The molecule has 0 saturated heterocycles. The molecule has 7 heteroatoms. The van der Waals surface area contributed by atoms with Gasteiger partial charge in [0.25, 0.3) is 0 Å². The van der Waals surface area contributed by atoms with Crippen molar-refractivity contribution in [3.63, 3.8) is 0 Å². The maximum Gasteiger partial charge on any atom is 0.334 e. The molecule has 4 aliphatic rings. The number of alkyl halides is 2. The zero-order chi connectivity index (χ0) is 30.6. The predicted molar refractivity (Wildman–Crippen MR) is 167 cm³/mol. The molecular weight excluding hydrogens is 583 g/mol. The smallest absolute Gasteiger partial charge is 0.334 e. The van der Waals surface area contributed by atoms with Crippen LogP contribution in [-0.2, 0) is 26.4 Å². The second-order valence-corrected chi connectivity index (χ2v) is 17.7. The maximum absolute atomic E-state index is 13.5. The fraction of sp³-hybridized carbons (Fsp3) is 0.500. The van der Waals surface area contributed by atoms with Crippen molar-refractivity contribution >= 4 is 21.0 Å². The summed E-state index contributed by atoms with van der Waals surface area (Å²) in [5.41, 5.74) is 1.57. The molecule has 3 aromatic rings. The van der Waals surface area contributed by atoms with E-state index in [1.807, 2.05) is 0 Å². The van der Waals surface area contributed by atoms with Crippen LogP contribution in [0.1, 0.15) is 64.9 Å². The lowest BCUT2D eigenvalue weighted by atomic mass is 9.67. The highest BCUT2D eigenvalue weighted by atomic mass is 32.2. The fourth-order valence-electron chi connectivity index (χ4n) is 8.96. The van der Waals surface area contributed by atoms with Gasteiger partial charge in [0.05, 0.1) is 10.9 Å². The molecule has 3 nitrogen and oxygen atoms in total. The molecular formula is C36H42F2O3S2. The van der Waals surface area contributed by atoms with E-state index < -0.39 is 21.8 Å². The van der Waals surface area contributed by atoms with E-state index in [1.165, 1.54) is 39.5 Å². The highest BCUT2D eigenvalue weighted by molar-refractivity contribution is 7.97. The Balaban J connectivity index is 0.000000154. The first-order valence-electron chi connectivity index (χ1n) is 15.6. The summed E-state index contributed by atoms with van der Waals surface area (Å²) >= 11 is 0. The van der Waals surface area contributed by atoms with E-state index in [-0.39, 0.29) is 28.1 Å². The van der Waals surface area contributed by atoms with Crippen LogP contribution < -0.4 is 0 Å². The highest BCUT2D eigenvalue weighted by Gasteiger charge is 2.63. The van der Waals surface area contributed by atoms with E-state index in [9.17, 15) is 21.8 Å². The second-order valence-electron chi connectivity index (χ2n) is 14.1. The van der Waals surface area contributed by atoms with Gasteiger partial charge in [-0.15, -0.1) is 0 Å². The Morgan fingerprint density at radius 3 is 1.74 bits per heavy atom. The van der Waals surface area contributed by atoms with Crippen LogP contribution in [0.2, 0.25) is 0 Å². The van der Waals surface area contributed by atoms with E-state index in [0.717, 1.165) is 12.3 Å². The molecule has 7 rings (SSSR count). The number of rotatable bonds is 6. The predicted octanol–water partition coefficient (Wildman–Crippen LogP) is 8.91. The summed E-state index contributed by atoms with van der Waals surface area (Å²) in [5.74, 6) is 3.22. The Labute approximate surface area is 258 Å². The number of halogens is 2. The molecule has 0 amide bonds. The molecule has 3 aromatic carbocycles. The third kappa shape index (κ3) is 6.06. The van der Waals surface area contributed by atoms with Crippen LogP contribution >= 0.6 is 0 Å². The Bertz CT molecular complexity index is 1460. The van der Waals surface area contributed by atoms with Gasteiger partial charge in [0.15, 0.2) is 24.8 Å². The standard InChI is InChI=1S/C22H23S.C14H20F2O3S/c1-22(2,3)18-14-16-21(17-15-18)23(19-10-6-4-7-11-19)20-12-8-5-9-13-20;15-14(16,20(17,18)19)6-10-4-9-5-11(10)13-8-2-1-7(3-8)12(9)13/h4-17H,1-3H3;7-13H,1-6H2,(H,17,18,19)/q+1;/p-1. The Hall–Kier alpha value is -2.22. The molecule has 4 fully saturated rings. The SMILES string of the molecule is CC(C)(C)c1ccc([S+](c2ccccc2)c2ccccc2)cc1.O=S(=O)([O-])C(F)(F)CC1CC2CC1C1C3CCC(C3)C21. The summed E-state index contributed by atoms with van der Waals surface area (Å²) in [6, 6.07) is 30.7. The third-order valence-corrected chi connectivity index (χ3v) is 13.8. The van der Waals surface area contributed by atoms with Gasteiger partial charge in [-0.05, 0) is 121 Å². The highest BCUT2D eigenvalue weighted by Crippen LogP contribution is 2.69. The lowest BCUT2D eigenvalue weighted by Gasteiger charge is -2.39.